The molecule has 1 amide bonds. The van der Waals surface area contributed by atoms with E-state index in [2.05, 4.69) is 22.0 Å². The minimum Gasteiger partial charge on any atom is -0.491 e. The van der Waals surface area contributed by atoms with Gasteiger partial charge in [0, 0.05) is 19.4 Å². The van der Waals surface area contributed by atoms with Crippen LogP contribution in [-0.4, -0.2) is 42.5 Å². The van der Waals surface area contributed by atoms with E-state index < -0.39 is 0 Å². The molecule has 0 N–H and O–H groups in total. The van der Waals surface area contributed by atoms with Crippen molar-refractivity contribution in [2.45, 2.75) is 18.2 Å². The Balaban J connectivity index is 2.12. The van der Waals surface area contributed by atoms with Crippen molar-refractivity contribution >= 4 is 27.5 Å². The molecule has 2 rings (SSSR count). The van der Waals surface area contributed by atoms with E-state index in [1.165, 1.54) is 0 Å². The summed E-state index contributed by atoms with van der Waals surface area (Å²) < 4.78 is 10.5. The standard InChI is InChI=1S/C16H20BrNO3/c1-3-18-15(9-8-14(17)16(18)19)12-4-6-13(7-5-12)21-11-10-20-2/h4-7,9,14H,3,8,10-11H2,1-2H3. The Morgan fingerprint density at radius 3 is 2.62 bits per heavy atom. The summed E-state index contributed by atoms with van der Waals surface area (Å²) in [5.41, 5.74) is 2.00. The van der Waals surface area contributed by atoms with Crippen molar-refractivity contribution in [3.8, 4) is 5.75 Å². The van der Waals surface area contributed by atoms with Crippen molar-refractivity contribution < 1.29 is 14.3 Å². The number of hydrogen-bond acceptors (Lipinski definition) is 3. The highest BCUT2D eigenvalue weighted by molar-refractivity contribution is 9.10. The lowest BCUT2D eigenvalue weighted by Gasteiger charge is -2.30. The molecule has 0 saturated heterocycles. The number of rotatable bonds is 6. The first kappa shape index (κ1) is 16.0. The van der Waals surface area contributed by atoms with Crippen molar-refractivity contribution in [2.75, 3.05) is 26.9 Å². The van der Waals surface area contributed by atoms with Crippen LogP contribution in [0, 0.1) is 0 Å². The van der Waals surface area contributed by atoms with Gasteiger partial charge in [0.1, 0.15) is 12.4 Å². The topological polar surface area (TPSA) is 38.8 Å². The van der Waals surface area contributed by atoms with Gasteiger partial charge in [-0.25, -0.2) is 0 Å². The Labute approximate surface area is 133 Å². The molecule has 5 heteroatoms. The lowest BCUT2D eigenvalue weighted by atomic mass is 10.0. The summed E-state index contributed by atoms with van der Waals surface area (Å²) >= 11 is 3.41. The fourth-order valence-corrected chi connectivity index (χ4v) is 2.71. The molecule has 114 valence electrons. The number of alkyl halides is 1. The first-order chi connectivity index (χ1) is 10.2. The highest BCUT2D eigenvalue weighted by Crippen LogP contribution is 2.29. The van der Waals surface area contributed by atoms with Gasteiger partial charge < -0.3 is 14.4 Å². The molecule has 0 spiro atoms. The zero-order valence-electron chi connectivity index (χ0n) is 12.3. The molecule has 1 aromatic rings. The third-order valence-electron chi connectivity index (χ3n) is 3.37. The van der Waals surface area contributed by atoms with Crippen molar-refractivity contribution in [2.24, 2.45) is 0 Å². The van der Waals surface area contributed by atoms with Crippen molar-refractivity contribution in [3.05, 3.63) is 35.9 Å². The molecule has 1 aliphatic rings. The summed E-state index contributed by atoms with van der Waals surface area (Å²) in [4.78, 5) is 13.9. The predicted octanol–water partition coefficient (Wildman–Crippen LogP) is 3.07. The van der Waals surface area contributed by atoms with E-state index in [0.29, 0.717) is 19.8 Å². The first-order valence-corrected chi connectivity index (χ1v) is 7.96. The monoisotopic (exact) mass is 353 g/mol. The molecule has 0 radical (unpaired) electrons. The average molecular weight is 354 g/mol. The molecular weight excluding hydrogens is 334 g/mol. The molecule has 0 bridgehead atoms. The van der Waals surface area contributed by atoms with E-state index in [1.54, 1.807) is 7.11 Å². The van der Waals surface area contributed by atoms with Crippen LogP contribution in [0.15, 0.2) is 30.3 Å². The number of ether oxygens (including phenoxy) is 2. The molecule has 0 aliphatic carbocycles. The third kappa shape index (κ3) is 3.86. The average Bonchev–Trinajstić information content (AvgIpc) is 2.51. The molecule has 21 heavy (non-hydrogen) atoms. The van der Waals surface area contributed by atoms with E-state index >= 15 is 0 Å². The smallest absolute Gasteiger partial charge is 0.241 e. The summed E-state index contributed by atoms with van der Waals surface area (Å²) in [7, 11) is 1.65. The molecule has 1 aliphatic heterocycles. The van der Waals surface area contributed by atoms with Crippen LogP contribution in [0.3, 0.4) is 0 Å². The second-order valence-corrected chi connectivity index (χ2v) is 5.85. The molecular formula is C16H20BrNO3. The van der Waals surface area contributed by atoms with E-state index in [-0.39, 0.29) is 10.7 Å². The van der Waals surface area contributed by atoms with Gasteiger partial charge in [-0.15, -0.1) is 0 Å². The van der Waals surface area contributed by atoms with Crippen molar-refractivity contribution in [1.82, 2.24) is 4.90 Å². The number of amides is 1. The number of benzene rings is 1. The number of carbonyl (C=O) groups is 1. The first-order valence-electron chi connectivity index (χ1n) is 7.05. The molecule has 0 aromatic heterocycles. The zero-order valence-corrected chi connectivity index (χ0v) is 13.9. The number of nitrogens with zero attached hydrogens (tertiary/aromatic N) is 1. The fourth-order valence-electron chi connectivity index (χ4n) is 2.28. The van der Waals surface area contributed by atoms with Crippen LogP contribution in [0.4, 0.5) is 0 Å². The molecule has 1 atom stereocenters. The molecule has 1 unspecified atom stereocenters. The van der Waals surface area contributed by atoms with Gasteiger partial charge in [-0.2, -0.15) is 0 Å². The number of hydrogen-bond donors (Lipinski definition) is 0. The van der Waals surface area contributed by atoms with Gasteiger partial charge in [-0.3, -0.25) is 4.79 Å². The largest absolute Gasteiger partial charge is 0.491 e. The predicted molar refractivity (Wildman–Crippen MR) is 86.5 cm³/mol. The zero-order chi connectivity index (χ0) is 15.2. The van der Waals surface area contributed by atoms with E-state index in [9.17, 15) is 4.79 Å². The lowest BCUT2D eigenvalue weighted by molar-refractivity contribution is -0.127. The summed E-state index contributed by atoms with van der Waals surface area (Å²) in [6, 6.07) is 7.81. The second-order valence-electron chi connectivity index (χ2n) is 4.74. The van der Waals surface area contributed by atoms with Crippen molar-refractivity contribution in [3.63, 3.8) is 0 Å². The number of allylic oxidation sites excluding steroid dienone is 1. The summed E-state index contributed by atoms with van der Waals surface area (Å²) in [6.07, 6.45) is 2.82. The van der Waals surface area contributed by atoms with Gasteiger partial charge in [0.25, 0.3) is 0 Å². The normalized spacial score (nSPS) is 18.6. The highest BCUT2D eigenvalue weighted by Gasteiger charge is 2.27. The number of halogens is 1. The maximum Gasteiger partial charge on any atom is 0.241 e. The van der Waals surface area contributed by atoms with Crippen LogP contribution < -0.4 is 4.74 Å². The molecule has 0 saturated carbocycles. The minimum absolute atomic E-state index is 0.113. The molecule has 1 heterocycles. The van der Waals surface area contributed by atoms with Crippen LogP contribution in [0.5, 0.6) is 5.75 Å². The quantitative estimate of drug-likeness (QED) is 0.582. The maximum atomic E-state index is 12.2. The van der Waals surface area contributed by atoms with Gasteiger partial charge in [0.15, 0.2) is 0 Å². The summed E-state index contributed by atoms with van der Waals surface area (Å²) in [5, 5.41) is 0. The van der Waals surface area contributed by atoms with Gasteiger partial charge in [0.2, 0.25) is 5.91 Å². The maximum absolute atomic E-state index is 12.2. The Morgan fingerprint density at radius 2 is 2.00 bits per heavy atom. The van der Waals surface area contributed by atoms with Gasteiger partial charge in [-0.05, 0) is 43.2 Å². The van der Waals surface area contributed by atoms with Crippen LogP contribution in [0.2, 0.25) is 0 Å². The Bertz CT molecular complexity index is 513. The third-order valence-corrected chi connectivity index (χ3v) is 4.13. The molecule has 1 aromatic carbocycles. The molecule has 0 fully saturated rings. The van der Waals surface area contributed by atoms with Crippen LogP contribution in [-0.2, 0) is 9.53 Å². The Morgan fingerprint density at radius 1 is 1.29 bits per heavy atom. The number of carbonyl (C=O) groups excluding carboxylic acids is 1. The lowest BCUT2D eigenvalue weighted by Crippen LogP contribution is -2.38. The van der Waals surface area contributed by atoms with Gasteiger partial charge in [0.05, 0.1) is 11.4 Å². The highest BCUT2D eigenvalue weighted by atomic mass is 79.9. The number of methoxy groups -OCH3 is 1. The van der Waals surface area contributed by atoms with Crippen LogP contribution >= 0.6 is 15.9 Å². The van der Waals surface area contributed by atoms with E-state index in [0.717, 1.165) is 23.4 Å². The van der Waals surface area contributed by atoms with Gasteiger partial charge in [-0.1, -0.05) is 22.0 Å². The SMILES string of the molecule is CCN1C(=O)C(Br)CC=C1c1ccc(OCCOC)cc1. The van der Waals surface area contributed by atoms with Gasteiger partial charge >= 0.3 is 0 Å². The van der Waals surface area contributed by atoms with Crippen molar-refractivity contribution in [1.29, 1.82) is 0 Å². The Kier molecular flexibility index (Phi) is 5.82. The van der Waals surface area contributed by atoms with Crippen LogP contribution in [0.1, 0.15) is 18.9 Å². The minimum atomic E-state index is -0.113. The summed E-state index contributed by atoms with van der Waals surface area (Å²) in [5.74, 6) is 0.926. The second kappa shape index (κ2) is 7.61. The van der Waals surface area contributed by atoms with E-state index in [1.807, 2.05) is 36.1 Å². The van der Waals surface area contributed by atoms with E-state index in [4.69, 9.17) is 9.47 Å². The fraction of sp³-hybridized carbons (Fsp3) is 0.438. The molecule has 4 nitrogen and oxygen atoms in total. The summed E-state index contributed by atoms with van der Waals surface area (Å²) in [6.45, 7) is 3.75. The van der Waals surface area contributed by atoms with Crippen LogP contribution in [0.25, 0.3) is 5.70 Å². The Hall–Kier alpha value is -1.33.